The van der Waals surface area contributed by atoms with Crippen LogP contribution in [0, 0.1) is 5.82 Å². The number of halogens is 1. The summed E-state index contributed by atoms with van der Waals surface area (Å²) in [5.74, 6) is -0.405. The molecule has 104 valence electrons. The molecular weight excluding hydrogens is 265 g/mol. The zero-order valence-corrected chi connectivity index (χ0v) is 11.6. The van der Waals surface area contributed by atoms with Crippen molar-refractivity contribution in [3.05, 3.63) is 30.1 Å². The van der Waals surface area contributed by atoms with Crippen molar-refractivity contribution >= 4 is 10.0 Å². The molecule has 0 aromatic heterocycles. The summed E-state index contributed by atoms with van der Waals surface area (Å²) in [5, 5.41) is 0. The molecule has 0 spiro atoms. The van der Waals surface area contributed by atoms with Gasteiger partial charge in [-0.2, -0.15) is 4.31 Å². The van der Waals surface area contributed by atoms with Gasteiger partial charge < -0.3 is 0 Å². The summed E-state index contributed by atoms with van der Waals surface area (Å²) in [6.07, 6.45) is 6.03. The molecule has 0 bridgehead atoms. The van der Waals surface area contributed by atoms with E-state index in [-0.39, 0.29) is 17.0 Å². The molecule has 1 aromatic carbocycles. The monoisotopic (exact) mass is 283 g/mol. The van der Waals surface area contributed by atoms with Crippen molar-refractivity contribution in [1.29, 1.82) is 0 Å². The van der Waals surface area contributed by atoms with Gasteiger partial charge in [0.05, 0.1) is 4.90 Å². The Morgan fingerprint density at radius 3 is 2.00 bits per heavy atom. The predicted octanol–water partition coefficient (Wildman–Crippen LogP) is 2.92. The molecule has 0 unspecified atom stereocenters. The molecule has 0 N–H and O–H groups in total. The van der Waals surface area contributed by atoms with Crippen LogP contribution in [0.4, 0.5) is 4.39 Å². The van der Waals surface area contributed by atoms with E-state index < -0.39 is 15.8 Å². The summed E-state index contributed by atoms with van der Waals surface area (Å²) in [5.41, 5.74) is 0. The molecule has 2 aliphatic rings. The minimum absolute atomic E-state index is 0.141. The van der Waals surface area contributed by atoms with E-state index in [0.29, 0.717) is 0 Å². The van der Waals surface area contributed by atoms with Crippen molar-refractivity contribution in [2.75, 3.05) is 0 Å². The van der Waals surface area contributed by atoms with Crippen molar-refractivity contribution in [2.45, 2.75) is 55.5 Å². The number of benzene rings is 1. The lowest BCUT2D eigenvalue weighted by atomic mass is 10.2. The van der Waals surface area contributed by atoms with E-state index in [1.165, 1.54) is 24.3 Å². The van der Waals surface area contributed by atoms with Crippen LogP contribution in [0.1, 0.15) is 38.5 Å². The molecule has 0 radical (unpaired) electrons. The van der Waals surface area contributed by atoms with E-state index in [4.69, 9.17) is 0 Å². The number of sulfonamides is 1. The van der Waals surface area contributed by atoms with E-state index in [1.807, 2.05) is 0 Å². The average molecular weight is 283 g/mol. The molecule has 0 heterocycles. The van der Waals surface area contributed by atoms with Gasteiger partial charge in [0.15, 0.2) is 0 Å². The third-order valence-corrected chi connectivity index (χ3v) is 6.00. The third-order valence-electron chi connectivity index (χ3n) is 3.98. The standard InChI is InChI=1S/C14H18FNO2S/c15-11-5-9-14(10-6-11)19(17,18)16(13-7-8-13)12-3-1-2-4-12/h5-6,9-10,12-13H,1-4,7-8H2. The first-order valence-corrected chi connectivity index (χ1v) is 8.32. The smallest absolute Gasteiger partial charge is 0.207 e. The molecule has 2 fully saturated rings. The van der Waals surface area contributed by atoms with Crippen molar-refractivity contribution in [1.82, 2.24) is 4.31 Å². The van der Waals surface area contributed by atoms with E-state index in [9.17, 15) is 12.8 Å². The lowest BCUT2D eigenvalue weighted by Crippen LogP contribution is -2.40. The van der Waals surface area contributed by atoms with Gasteiger partial charge in [0.25, 0.3) is 0 Å². The minimum atomic E-state index is -3.47. The first kappa shape index (κ1) is 13.1. The van der Waals surface area contributed by atoms with Crippen molar-refractivity contribution in [2.24, 2.45) is 0 Å². The van der Waals surface area contributed by atoms with Gasteiger partial charge >= 0.3 is 0 Å². The Labute approximate surface area is 113 Å². The predicted molar refractivity (Wildman–Crippen MR) is 70.7 cm³/mol. The van der Waals surface area contributed by atoms with Crippen LogP contribution in [0.2, 0.25) is 0 Å². The molecule has 0 atom stereocenters. The summed E-state index contributed by atoms with van der Waals surface area (Å²) < 4.78 is 40.1. The van der Waals surface area contributed by atoms with E-state index >= 15 is 0 Å². The molecule has 1 aromatic rings. The molecule has 0 saturated heterocycles. The highest BCUT2D eigenvalue weighted by atomic mass is 32.2. The fraction of sp³-hybridized carbons (Fsp3) is 0.571. The Balaban J connectivity index is 1.93. The SMILES string of the molecule is O=S(=O)(c1ccc(F)cc1)N(C1CCCC1)C1CC1. The fourth-order valence-electron chi connectivity index (χ4n) is 2.91. The molecular formula is C14H18FNO2S. The Bertz CT molecular complexity index is 545. The van der Waals surface area contributed by atoms with Crippen LogP contribution in [0.25, 0.3) is 0 Å². The van der Waals surface area contributed by atoms with Gasteiger partial charge in [0.1, 0.15) is 5.82 Å². The van der Waals surface area contributed by atoms with Crippen LogP contribution < -0.4 is 0 Å². The quantitative estimate of drug-likeness (QED) is 0.852. The largest absolute Gasteiger partial charge is 0.243 e. The van der Waals surface area contributed by atoms with Crippen molar-refractivity contribution in [3.8, 4) is 0 Å². The number of nitrogens with zero attached hydrogens (tertiary/aromatic N) is 1. The van der Waals surface area contributed by atoms with Crippen molar-refractivity contribution in [3.63, 3.8) is 0 Å². The van der Waals surface area contributed by atoms with Crippen LogP contribution in [0.5, 0.6) is 0 Å². The summed E-state index contributed by atoms with van der Waals surface area (Å²) in [4.78, 5) is 0.215. The van der Waals surface area contributed by atoms with E-state index in [0.717, 1.165) is 38.5 Å². The van der Waals surface area contributed by atoms with Gasteiger partial charge in [-0.05, 0) is 49.9 Å². The highest BCUT2D eigenvalue weighted by molar-refractivity contribution is 7.89. The zero-order valence-electron chi connectivity index (χ0n) is 10.8. The molecule has 2 aliphatic carbocycles. The second kappa shape index (κ2) is 4.87. The molecule has 2 saturated carbocycles. The lowest BCUT2D eigenvalue weighted by molar-refractivity contribution is 0.314. The molecule has 0 amide bonds. The number of hydrogen-bond acceptors (Lipinski definition) is 2. The van der Waals surface area contributed by atoms with Crippen LogP contribution in [0.3, 0.4) is 0 Å². The fourth-order valence-corrected chi connectivity index (χ4v) is 4.84. The highest BCUT2D eigenvalue weighted by Crippen LogP contribution is 2.38. The first-order valence-electron chi connectivity index (χ1n) is 6.88. The first-order chi connectivity index (χ1) is 9.09. The second-order valence-electron chi connectivity index (χ2n) is 5.46. The Morgan fingerprint density at radius 2 is 1.47 bits per heavy atom. The van der Waals surface area contributed by atoms with Gasteiger partial charge in [-0.15, -0.1) is 0 Å². The van der Waals surface area contributed by atoms with Crippen molar-refractivity contribution < 1.29 is 12.8 Å². The van der Waals surface area contributed by atoms with Crippen LogP contribution in [-0.4, -0.2) is 24.8 Å². The third kappa shape index (κ3) is 2.54. The maximum atomic E-state index is 12.9. The Kier molecular flexibility index (Phi) is 3.35. The lowest BCUT2D eigenvalue weighted by Gasteiger charge is -2.28. The summed E-state index contributed by atoms with van der Waals surface area (Å²) in [7, 11) is -3.47. The van der Waals surface area contributed by atoms with Gasteiger partial charge in [0.2, 0.25) is 10.0 Å². The Morgan fingerprint density at radius 1 is 0.947 bits per heavy atom. The van der Waals surface area contributed by atoms with E-state index in [2.05, 4.69) is 0 Å². The molecule has 0 aliphatic heterocycles. The second-order valence-corrected chi connectivity index (χ2v) is 7.30. The van der Waals surface area contributed by atoms with Crippen LogP contribution in [0.15, 0.2) is 29.2 Å². The molecule has 3 nitrogen and oxygen atoms in total. The van der Waals surface area contributed by atoms with Gasteiger partial charge in [-0.25, -0.2) is 12.8 Å². The minimum Gasteiger partial charge on any atom is -0.207 e. The van der Waals surface area contributed by atoms with Gasteiger partial charge in [0, 0.05) is 12.1 Å². The summed E-state index contributed by atoms with van der Waals surface area (Å²) in [6, 6.07) is 5.48. The maximum Gasteiger partial charge on any atom is 0.243 e. The number of rotatable bonds is 4. The number of hydrogen-bond donors (Lipinski definition) is 0. The normalized spacial score (nSPS) is 21.2. The Hall–Kier alpha value is -0.940. The molecule has 3 rings (SSSR count). The summed E-state index contributed by atoms with van der Waals surface area (Å²) >= 11 is 0. The average Bonchev–Trinajstić information content (AvgIpc) is 3.04. The zero-order chi connectivity index (χ0) is 13.5. The van der Waals surface area contributed by atoms with E-state index in [1.54, 1.807) is 4.31 Å². The van der Waals surface area contributed by atoms with Crippen LogP contribution >= 0.6 is 0 Å². The maximum absolute atomic E-state index is 12.9. The highest BCUT2D eigenvalue weighted by Gasteiger charge is 2.43. The molecule has 5 heteroatoms. The van der Waals surface area contributed by atoms with Gasteiger partial charge in [-0.1, -0.05) is 12.8 Å². The van der Waals surface area contributed by atoms with Crippen LogP contribution in [-0.2, 0) is 10.0 Å². The molecule has 19 heavy (non-hydrogen) atoms. The summed E-state index contributed by atoms with van der Waals surface area (Å²) in [6.45, 7) is 0. The topological polar surface area (TPSA) is 37.4 Å². The van der Waals surface area contributed by atoms with Gasteiger partial charge in [-0.3, -0.25) is 0 Å².